The summed E-state index contributed by atoms with van der Waals surface area (Å²) >= 11 is 0. The van der Waals surface area contributed by atoms with E-state index in [1.54, 1.807) is 6.20 Å². The molecule has 170 valence electrons. The molecule has 6 heteroatoms. The lowest BCUT2D eigenvalue weighted by atomic mass is 10.2. The highest BCUT2D eigenvalue weighted by Gasteiger charge is 2.25. The van der Waals surface area contributed by atoms with Crippen LogP contribution in [0.2, 0.25) is 0 Å². The van der Waals surface area contributed by atoms with Crippen LogP contribution in [0.1, 0.15) is 46.7 Å². The van der Waals surface area contributed by atoms with Crippen molar-refractivity contribution < 1.29 is 15.7 Å². The van der Waals surface area contributed by atoms with Gasteiger partial charge in [0, 0.05) is 38.0 Å². The number of aryl methyl sites for hydroxylation is 1. The Labute approximate surface area is 187 Å². The summed E-state index contributed by atoms with van der Waals surface area (Å²) in [6.45, 7) is 8.79. The standard InChI is InChI=1S/C22H27N3O3.C3H8.H2/c1-16-5-8-21(12-23-16)28-20-4-2-3-19(11-20)25-10-9-18(13-25)24-22(26)15-27-14-17-6-7-17;1-3-2;/h2-5,8,11-12,17-18H,6-7,9-10,13-15H2,1H3,(H,24,26);3H2,1-2H3;1H/t18-;;/m0../s1. The van der Waals surface area contributed by atoms with Gasteiger partial charge in [0.05, 0.1) is 12.8 Å². The molecule has 1 aliphatic heterocycles. The number of pyridine rings is 1. The second-order valence-electron chi connectivity index (χ2n) is 8.40. The van der Waals surface area contributed by atoms with Gasteiger partial charge in [0.1, 0.15) is 18.1 Å². The highest BCUT2D eigenvalue weighted by atomic mass is 16.5. The monoisotopic (exact) mass is 427 g/mol. The molecule has 31 heavy (non-hydrogen) atoms. The van der Waals surface area contributed by atoms with Crippen molar-refractivity contribution in [3.63, 3.8) is 0 Å². The number of benzene rings is 1. The van der Waals surface area contributed by atoms with Gasteiger partial charge in [0.25, 0.3) is 0 Å². The average molecular weight is 428 g/mol. The average Bonchev–Trinajstić information content (AvgIpc) is 3.46. The van der Waals surface area contributed by atoms with E-state index in [9.17, 15) is 4.79 Å². The number of nitrogens with one attached hydrogen (secondary N) is 1. The molecule has 1 N–H and O–H groups in total. The predicted molar refractivity (Wildman–Crippen MR) is 126 cm³/mol. The maximum absolute atomic E-state index is 12.0. The van der Waals surface area contributed by atoms with Crippen LogP contribution in [0.15, 0.2) is 42.6 Å². The first-order valence-electron chi connectivity index (χ1n) is 11.4. The molecule has 0 bridgehead atoms. The van der Waals surface area contributed by atoms with Gasteiger partial charge in [-0.1, -0.05) is 26.3 Å². The fraction of sp³-hybridized carbons (Fsp3) is 0.520. The molecule has 1 saturated heterocycles. The number of nitrogens with zero attached hydrogens (tertiary/aromatic N) is 2. The quantitative estimate of drug-likeness (QED) is 0.645. The maximum atomic E-state index is 12.0. The number of anilines is 1. The summed E-state index contributed by atoms with van der Waals surface area (Å²) in [4.78, 5) is 18.6. The first kappa shape index (κ1) is 23.1. The fourth-order valence-corrected chi connectivity index (χ4v) is 3.38. The molecule has 2 aliphatic rings. The van der Waals surface area contributed by atoms with E-state index in [-0.39, 0.29) is 20.0 Å². The number of ether oxygens (including phenoxy) is 2. The van der Waals surface area contributed by atoms with Gasteiger partial charge in [0.15, 0.2) is 0 Å². The molecule has 1 saturated carbocycles. The zero-order chi connectivity index (χ0) is 22.1. The second kappa shape index (κ2) is 11.7. The summed E-state index contributed by atoms with van der Waals surface area (Å²) in [5, 5.41) is 3.09. The Morgan fingerprint density at radius 2 is 2.00 bits per heavy atom. The van der Waals surface area contributed by atoms with Gasteiger partial charge in [-0.15, -0.1) is 0 Å². The fourth-order valence-electron chi connectivity index (χ4n) is 3.38. The predicted octanol–water partition coefficient (Wildman–Crippen LogP) is 4.97. The Kier molecular flexibility index (Phi) is 8.71. The molecule has 6 nitrogen and oxygen atoms in total. The molecule has 0 spiro atoms. The van der Waals surface area contributed by atoms with E-state index in [2.05, 4.69) is 35.1 Å². The van der Waals surface area contributed by atoms with Crippen LogP contribution in [0.5, 0.6) is 11.5 Å². The van der Waals surface area contributed by atoms with Gasteiger partial charge < -0.3 is 19.7 Å². The summed E-state index contributed by atoms with van der Waals surface area (Å²) in [5.74, 6) is 2.17. The normalized spacial score (nSPS) is 17.6. The van der Waals surface area contributed by atoms with E-state index < -0.39 is 0 Å². The van der Waals surface area contributed by atoms with Crippen molar-refractivity contribution in [2.75, 3.05) is 31.2 Å². The molecular formula is C25H37N3O3. The molecule has 1 amide bonds. The lowest BCUT2D eigenvalue weighted by molar-refractivity contribution is -0.126. The Hall–Kier alpha value is -2.60. The van der Waals surface area contributed by atoms with Crippen LogP contribution in [0.25, 0.3) is 0 Å². The molecule has 1 atom stereocenters. The third-order valence-corrected chi connectivity index (χ3v) is 5.14. The van der Waals surface area contributed by atoms with Gasteiger partial charge in [-0.2, -0.15) is 0 Å². The van der Waals surface area contributed by atoms with Crippen LogP contribution in [0.4, 0.5) is 5.69 Å². The molecule has 4 rings (SSSR count). The van der Waals surface area contributed by atoms with Crippen LogP contribution in [0.3, 0.4) is 0 Å². The summed E-state index contributed by atoms with van der Waals surface area (Å²) in [6, 6.07) is 12.0. The van der Waals surface area contributed by atoms with E-state index in [1.807, 2.05) is 37.3 Å². The van der Waals surface area contributed by atoms with Crippen molar-refractivity contribution in [3.8, 4) is 11.5 Å². The lowest BCUT2D eigenvalue weighted by Crippen LogP contribution is -2.39. The van der Waals surface area contributed by atoms with Crippen LogP contribution < -0.4 is 15.0 Å². The molecule has 1 aromatic carbocycles. The highest BCUT2D eigenvalue weighted by molar-refractivity contribution is 5.77. The largest absolute Gasteiger partial charge is 0.456 e. The van der Waals surface area contributed by atoms with Crippen molar-refractivity contribution in [1.82, 2.24) is 10.3 Å². The molecule has 2 fully saturated rings. The van der Waals surface area contributed by atoms with Gasteiger partial charge in [-0.3, -0.25) is 9.78 Å². The highest BCUT2D eigenvalue weighted by Crippen LogP contribution is 2.29. The van der Waals surface area contributed by atoms with E-state index >= 15 is 0 Å². The van der Waals surface area contributed by atoms with E-state index in [4.69, 9.17) is 9.47 Å². The smallest absolute Gasteiger partial charge is 0.246 e. The van der Waals surface area contributed by atoms with E-state index in [1.165, 1.54) is 19.3 Å². The minimum atomic E-state index is -0.0172. The van der Waals surface area contributed by atoms with Crippen molar-refractivity contribution in [3.05, 3.63) is 48.3 Å². The Balaban J connectivity index is 0.000000860. The summed E-state index contributed by atoms with van der Waals surface area (Å²) in [7, 11) is 0. The van der Waals surface area contributed by atoms with E-state index in [0.29, 0.717) is 12.5 Å². The molecule has 2 heterocycles. The topological polar surface area (TPSA) is 63.7 Å². The maximum Gasteiger partial charge on any atom is 0.246 e. The number of hydrogen-bond donors (Lipinski definition) is 1. The molecule has 1 aromatic heterocycles. The molecule has 2 aromatic rings. The summed E-state index contributed by atoms with van der Waals surface area (Å²) < 4.78 is 11.4. The first-order valence-corrected chi connectivity index (χ1v) is 11.4. The van der Waals surface area contributed by atoms with E-state index in [0.717, 1.165) is 42.4 Å². The first-order chi connectivity index (χ1) is 15.1. The van der Waals surface area contributed by atoms with Gasteiger partial charge in [-0.25, -0.2) is 0 Å². The number of rotatable bonds is 8. The Morgan fingerprint density at radius 1 is 1.19 bits per heavy atom. The van der Waals surface area contributed by atoms with Crippen LogP contribution in [-0.4, -0.2) is 43.2 Å². The van der Waals surface area contributed by atoms with Crippen molar-refractivity contribution in [2.45, 2.75) is 52.5 Å². The number of carbonyl (C=O) groups is 1. The lowest BCUT2D eigenvalue weighted by Gasteiger charge is -2.20. The molecule has 1 aliphatic carbocycles. The molecule has 0 unspecified atom stereocenters. The van der Waals surface area contributed by atoms with Crippen LogP contribution >= 0.6 is 0 Å². The van der Waals surface area contributed by atoms with Crippen molar-refractivity contribution >= 4 is 11.6 Å². The summed E-state index contributed by atoms with van der Waals surface area (Å²) in [6.07, 6.45) is 6.39. The Bertz CT molecular complexity index is 827. The van der Waals surface area contributed by atoms with Gasteiger partial charge in [-0.05, 0) is 56.4 Å². The Morgan fingerprint density at radius 3 is 2.71 bits per heavy atom. The minimum absolute atomic E-state index is 0. The van der Waals surface area contributed by atoms with Crippen molar-refractivity contribution in [1.29, 1.82) is 0 Å². The number of amides is 1. The van der Waals surface area contributed by atoms with Gasteiger partial charge in [0.2, 0.25) is 5.91 Å². The summed E-state index contributed by atoms with van der Waals surface area (Å²) in [5.41, 5.74) is 2.06. The van der Waals surface area contributed by atoms with Crippen molar-refractivity contribution in [2.24, 2.45) is 5.92 Å². The minimum Gasteiger partial charge on any atom is -0.456 e. The number of aromatic nitrogens is 1. The SMILES string of the molecule is CCC.Cc1ccc(Oc2cccc(N3CC[C@H](NC(=O)COCC4CC4)C3)c2)cn1.[HH]. The van der Waals surface area contributed by atoms with Gasteiger partial charge >= 0.3 is 0 Å². The van der Waals surface area contributed by atoms with Crippen LogP contribution in [0, 0.1) is 12.8 Å². The van der Waals surface area contributed by atoms with Crippen LogP contribution in [-0.2, 0) is 9.53 Å². The third kappa shape index (κ3) is 7.87. The number of carbonyl (C=O) groups excluding carboxylic acids is 1. The second-order valence-corrected chi connectivity index (χ2v) is 8.40. The molecule has 0 radical (unpaired) electrons. The zero-order valence-corrected chi connectivity index (χ0v) is 19.0. The number of hydrogen-bond acceptors (Lipinski definition) is 5. The third-order valence-electron chi connectivity index (χ3n) is 5.14. The molecular weight excluding hydrogens is 390 g/mol. The zero-order valence-electron chi connectivity index (χ0n) is 19.0.